The molecule has 1 aliphatic heterocycles. The third-order valence-electron chi connectivity index (χ3n) is 2.91. The van der Waals surface area contributed by atoms with Crippen molar-refractivity contribution in [3.63, 3.8) is 0 Å². The van der Waals surface area contributed by atoms with Crippen molar-refractivity contribution >= 4 is 17.8 Å². The minimum absolute atomic E-state index is 0.0139. The molecule has 0 bridgehead atoms. The first kappa shape index (κ1) is 13.6. The number of amides is 2. The minimum atomic E-state index is -1.05. The predicted octanol–water partition coefficient (Wildman–Crippen LogP) is -0.323. The first-order valence-electron chi connectivity index (χ1n) is 5.64. The molecule has 0 saturated carbocycles. The molecule has 2 amide bonds. The Kier molecular flexibility index (Phi) is 4.22. The molecule has 1 rings (SSSR count). The van der Waals surface area contributed by atoms with Crippen LogP contribution < -0.4 is 5.32 Å². The summed E-state index contributed by atoms with van der Waals surface area (Å²) in [6.07, 6.45) is 0.447. The third kappa shape index (κ3) is 2.82. The Morgan fingerprint density at radius 3 is 2.35 bits per heavy atom. The predicted molar refractivity (Wildman–Crippen MR) is 60.1 cm³/mol. The molecule has 1 saturated heterocycles. The van der Waals surface area contributed by atoms with Crippen molar-refractivity contribution in [3.8, 4) is 0 Å². The summed E-state index contributed by atoms with van der Waals surface area (Å²) in [6.45, 7) is 3.60. The fraction of sp³-hybridized carbons (Fsp3) is 0.727. The highest BCUT2D eigenvalue weighted by Crippen LogP contribution is 2.17. The van der Waals surface area contributed by atoms with E-state index in [1.54, 1.807) is 20.9 Å². The SMILES string of the molecule is CCOC(=O)C(C)(CN1C(=O)CCC1=O)NC. The van der Waals surface area contributed by atoms with Gasteiger partial charge >= 0.3 is 5.97 Å². The number of esters is 1. The van der Waals surface area contributed by atoms with Gasteiger partial charge < -0.3 is 10.1 Å². The van der Waals surface area contributed by atoms with Crippen molar-refractivity contribution in [2.75, 3.05) is 20.2 Å². The van der Waals surface area contributed by atoms with Gasteiger partial charge in [0.1, 0.15) is 5.54 Å². The quantitative estimate of drug-likeness (QED) is 0.528. The maximum absolute atomic E-state index is 11.8. The maximum atomic E-state index is 11.8. The summed E-state index contributed by atoms with van der Waals surface area (Å²) < 4.78 is 4.93. The summed E-state index contributed by atoms with van der Waals surface area (Å²) >= 11 is 0. The van der Waals surface area contributed by atoms with E-state index in [4.69, 9.17) is 4.74 Å². The summed E-state index contributed by atoms with van der Waals surface area (Å²) in [4.78, 5) is 35.8. The van der Waals surface area contributed by atoms with Crippen LogP contribution in [0.25, 0.3) is 0 Å². The normalized spacial score (nSPS) is 19.4. The molecule has 1 aliphatic rings. The second-order valence-electron chi connectivity index (χ2n) is 4.18. The molecule has 1 N–H and O–H groups in total. The van der Waals surface area contributed by atoms with Gasteiger partial charge in [-0.25, -0.2) is 4.79 Å². The highest BCUT2D eigenvalue weighted by atomic mass is 16.5. The number of nitrogens with one attached hydrogen (secondary N) is 1. The van der Waals surface area contributed by atoms with E-state index in [1.807, 2.05) is 0 Å². The van der Waals surface area contributed by atoms with E-state index in [0.29, 0.717) is 0 Å². The van der Waals surface area contributed by atoms with Crippen molar-refractivity contribution in [1.29, 1.82) is 0 Å². The highest BCUT2D eigenvalue weighted by molar-refractivity contribution is 6.02. The molecule has 96 valence electrons. The summed E-state index contributed by atoms with van der Waals surface area (Å²) in [5, 5.41) is 2.81. The Labute approximate surface area is 100 Å². The first-order valence-corrected chi connectivity index (χ1v) is 5.64. The number of carbonyl (C=O) groups excluding carboxylic acids is 3. The van der Waals surface area contributed by atoms with Crippen LogP contribution in [0.5, 0.6) is 0 Å². The average Bonchev–Trinajstić information content (AvgIpc) is 2.60. The zero-order chi connectivity index (χ0) is 13.1. The van der Waals surface area contributed by atoms with Crippen LogP contribution in [0.3, 0.4) is 0 Å². The molecule has 1 fully saturated rings. The van der Waals surface area contributed by atoms with E-state index >= 15 is 0 Å². The molecule has 1 unspecified atom stereocenters. The molecule has 0 aromatic rings. The Bertz CT molecular complexity index is 326. The van der Waals surface area contributed by atoms with Crippen LogP contribution in [0, 0.1) is 0 Å². The Balaban J connectivity index is 2.77. The number of likely N-dealkylation sites (N-methyl/N-ethyl adjacent to an activating group) is 1. The van der Waals surface area contributed by atoms with E-state index < -0.39 is 11.5 Å². The highest BCUT2D eigenvalue weighted by Gasteiger charge is 2.40. The monoisotopic (exact) mass is 242 g/mol. The van der Waals surface area contributed by atoms with Crippen molar-refractivity contribution in [3.05, 3.63) is 0 Å². The minimum Gasteiger partial charge on any atom is -0.465 e. The van der Waals surface area contributed by atoms with E-state index in [9.17, 15) is 14.4 Å². The van der Waals surface area contributed by atoms with Gasteiger partial charge in [-0.15, -0.1) is 0 Å². The number of carbonyl (C=O) groups is 3. The third-order valence-corrected chi connectivity index (χ3v) is 2.91. The van der Waals surface area contributed by atoms with Crippen LogP contribution in [-0.2, 0) is 19.1 Å². The van der Waals surface area contributed by atoms with Gasteiger partial charge in [0.25, 0.3) is 0 Å². The summed E-state index contributed by atoms with van der Waals surface area (Å²) in [6, 6.07) is 0. The largest absolute Gasteiger partial charge is 0.465 e. The molecule has 0 aromatic carbocycles. The fourth-order valence-electron chi connectivity index (χ4n) is 1.65. The molecule has 0 radical (unpaired) electrons. The van der Waals surface area contributed by atoms with Crippen molar-refractivity contribution in [1.82, 2.24) is 10.2 Å². The Morgan fingerprint density at radius 1 is 1.41 bits per heavy atom. The molecule has 0 aliphatic carbocycles. The van der Waals surface area contributed by atoms with Gasteiger partial charge in [-0.3, -0.25) is 14.5 Å². The van der Waals surface area contributed by atoms with E-state index in [1.165, 1.54) is 0 Å². The zero-order valence-corrected chi connectivity index (χ0v) is 10.4. The molecule has 17 heavy (non-hydrogen) atoms. The lowest BCUT2D eigenvalue weighted by molar-refractivity contribution is -0.152. The van der Waals surface area contributed by atoms with E-state index in [0.717, 1.165) is 4.90 Å². The van der Waals surface area contributed by atoms with Gasteiger partial charge in [-0.1, -0.05) is 0 Å². The number of rotatable bonds is 5. The van der Waals surface area contributed by atoms with Gasteiger partial charge in [-0.05, 0) is 20.9 Å². The maximum Gasteiger partial charge on any atom is 0.327 e. The summed E-state index contributed by atoms with van der Waals surface area (Å²) in [7, 11) is 1.60. The second kappa shape index (κ2) is 5.27. The number of hydrogen-bond donors (Lipinski definition) is 1. The zero-order valence-electron chi connectivity index (χ0n) is 10.4. The van der Waals surface area contributed by atoms with E-state index in [-0.39, 0.29) is 37.8 Å². The van der Waals surface area contributed by atoms with E-state index in [2.05, 4.69) is 5.32 Å². The van der Waals surface area contributed by atoms with Crippen molar-refractivity contribution in [2.24, 2.45) is 0 Å². The molecule has 0 spiro atoms. The van der Waals surface area contributed by atoms with Crippen LogP contribution in [-0.4, -0.2) is 48.4 Å². The first-order chi connectivity index (χ1) is 7.94. The van der Waals surface area contributed by atoms with Crippen LogP contribution in [0.15, 0.2) is 0 Å². The molecule has 6 nitrogen and oxygen atoms in total. The number of likely N-dealkylation sites (tertiary alicyclic amines) is 1. The van der Waals surface area contributed by atoms with Crippen LogP contribution in [0.2, 0.25) is 0 Å². The van der Waals surface area contributed by atoms with Gasteiger partial charge in [0.15, 0.2) is 0 Å². The van der Waals surface area contributed by atoms with Crippen LogP contribution >= 0.6 is 0 Å². The lowest BCUT2D eigenvalue weighted by Crippen LogP contribution is -2.57. The van der Waals surface area contributed by atoms with Crippen LogP contribution in [0.4, 0.5) is 0 Å². The fourth-order valence-corrected chi connectivity index (χ4v) is 1.65. The number of nitrogens with zero attached hydrogens (tertiary/aromatic N) is 1. The second-order valence-corrected chi connectivity index (χ2v) is 4.18. The summed E-state index contributed by atoms with van der Waals surface area (Å²) in [5.74, 6) is -0.934. The lowest BCUT2D eigenvalue weighted by atomic mass is 10.0. The van der Waals surface area contributed by atoms with Gasteiger partial charge in [-0.2, -0.15) is 0 Å². The van der Waals surface area contributed by atoms with Gasteiger partial charge in [0.2, 0.25) is 11.8 Å². The summed E-state index contributed by atoms with van der Waals surface area (Å²) in [5.41, 5.74) is -1.05. The Morgan fingerprint density at radius 2 is 1.94 bits per heavy atom. The van der Waals surface area contributed by atoms with Gasteiger partial charge in [0.05, 0.1) is 13.2 Å². The lowest BCUT2D eigenvalue weighted by Gasteiger charge is -2.30. The molecule has 0 aromatic heterocycles. The molecular weight excluding hydrogens is 224 g/mol. The standard InChI is InChI=1S/C11H18N2O4/c1-4-17-10(16)11(2,12-3)7-13-8(14)5-6-9(13)15/h12H,4-7H2,1-3H3. The molecule has 6 heteroatoms. The topological polar surface area (TPSA) is 75.7 Å². The number of hydrogen-bond acceptors (Lipinski definition) is 5. The molecule has 1 heterocycles. The van der Waals surface area contributed by atoms with Gasteiger partial charge in [0, 0.05) is 12.8 Å². The smallest absolute Gasteiger partial charge is 0.327 e. The van der Waals surface area contributed by atoms with Crippen molar-refractivity contribution in [2.45, 2.75) is 32.2 Å². The molecule has 1 atom stereocenters. The number of imide groups is 1. The number of ether oxygens (including phenoxy) is 1. The average molecular weight is 242 g/mol. The van der Waals surface area contributed by atoms with Crippen LogP contribution in [0.1, 0.15) is 26.7 Å². The Hall–Kier alpha value is -1.43. The molecular formula is C11H18N2O4. The van der Waals surface area contributed by atoms with Crippen molar-refractivity contribution < 1.29 is 19.1 Å².